The highest BCUT2D eigenvalue weighted by atomic mass is 16.5. The molecule has 2 aromatic carbocycles. The summed E-state index contributed by atoms with van der Waals surface area (Å²) >= 11 is 0. The SMILES string of the molecule is CCOc1ccc(C)cc1C(C)NC(=O)C(=O)Nc1cccc(NC(C)=O)c1. The Labute approximate surface area is 164 Å². The molecule has 0 aliphatic rings. The van der Waals surface area contributed by atoms with Crippen LogP contribution in [0.1, 0.15) is 37.9 Å². The van der Waals surface area contributed by atoms with Gasteiger partial charge in [-0.2, -0.15) is 0 Å². The van der Waals surface area contributed by atoms with Crippen molar-refractivity contribution in [3.8, 4) is 5.75 Å². The minimum absolute atomic E-state index is 0.224. The van der Waals surface area contributed by atoms with E-state index >= 15 is 0 Å². The Morgan fingerprint density at radius 2 is 1.68 bits per heavy atom. The van der Waals surface area contributed by atoms with Gasteiger partial charge in [0, 0.05) is 23.9 Å². The van der Waals surface area contributed by atoms with Crippen molar-refractivity contribution in [3.05, 3.63) is 53.6 Å². The van der Waals surface area contributed by atoms with E-state index in [2.05, 4.69) is 16.0 Å². The third kappa shape index (κ3) is 5.84. The van der Waals surface area contributed by atoms with Gasteiger partial charge in [-0.15, -0.1) is 0 Å². The summed E-state index contributed by atoms with van der Waals surface area (Å²) in [5.74, 6) is -1.11. The van der Waals surface area contributed by atoms with Crippen LogP contribution in [0.3, 0.4) is 0 Å². The van der Waals surface area contributed by atoms with Gasteiger partial charge in [-0.25, -0.2) is 0 Å². The van der Waals surface area contributed by atoms with Crippen LogP contribution in [0.4, 0.5) is 11.4 Å². The molecule has 1 atom stereocenters. The molecule has 0 heterocycles. The number of hydrogen-bond acceptors (Lipinski definition) is 4. The van der Waals surface area contributed by atoms with Crippen LogP contribution < -0.4 is 20.7 Å². The number of aryl methyl sites for hydroxylation is 1. The van der Waals surface area contributed by atoms with E-state index < -0.39 is 17.9 Å². The number of benzene rings is 2. The molecule has 7 nitrogen and oxygen atoms in total. The van der Waals surface area contributed by atoms with Crippen molar-refractivity contribution in [3.63, 3.8) is 0 Å². The van der Waals surface area contributed by atoms with Crippen molar-refractivity contribution in [2.45, 2.75) is 33.7 Å². The number of hydrogen-bond donors (Lipinski definition) is 3. The maximum Gasteiger partial charge on any atom is 0.313 e. The lowest BCUT2D eigenvalue weighted by Crippen LogP contribution is -2.37. The molecular formula is C21H25N3O4. The maximum absolute atomic E-state index is 12.3. The summed E-state index contributed by atoms with van der Waals surface area (Å²) in [5.41, 5.74) is 2.76. The average molecular weight is 383 g/mol. The highest BCUT2D eigenvalue weighted by Gasteiger charge is 2.20. The zero-order chi connectivity index (χ0) is 20.7. The molecule has 148 valence electrons. The van der Waals surface area contributed by atoms with E-state index in [4.69, 9.17) is 4.74 Å². The number of anilines is 2. The summed E-state index contributed by atoms with van der Waals surface area (Å²) in [6.45, 7) is 7.52. The van der Waals surface area contributed by atoms with Crippen molar-refractivity contribution in [1.29, 1.82) is 0 Å². The van der Waals surface area contributed by atoms with Crippen LogP contribution in [0.15, 0.2) is 42.5 Å². The first-order valence-corrected chi connectivity index (χ1v) is 9.03. The second kappa shape index (κ2) is 9.55. The lowest BCUT2D eigenvalue weighted by molar-refractivity contribution is -0.136. The van der Waals surface area contributed by atoms with Crippen LogP contribution in [-0.4, -0.2) is 24.3 Å². The fraction of sp³-hybridized carbons (Fsp3) is 0.286. The molecule has 7 heteroatoms. The summed E-state index contributed by atoms with van der Waals surface area (Å²) in [6.07, 6.45) is 0. The van der Waals surface area contributed by atoms with Crippen LogP contribution in [-0.2, 0) is 14.4 Å². The van der Waals surface area contributed by atoms with Crippen molar-refractivity contribution in [2.75, 3.05) is 17.2 Å². The molecule has 0 aromatic heterocycles. The first-order valence-electron chi connectivity index (χ1n) is 9.03. The summed E-state index contributed by atoms with van der Waals surface area (Å²) < 4.78 is 5.61. The second-order valence-corrected chi connectivity index (χ2v) is 6.39. The van der Waals surface area contributed by atoms with Crippen LogP contribution >= 0.6 is 0 Å². The zero-order valence-electron chi connectivity index (χ0n) is 16.5. The predicted molar refractivity (Wildman–Crippen MR) is 108 cm³/mol. The lowest BCUT2D eigenvalue weighted by Gasteiger charge is -2.18. The Morgan fingerprint density at radius 3 is 2.32 bits per heavy atom. The first-order chi connectivity index (χ1) is 13.3. The topological polar surface area (TPSA) is 96.5 Å². The van der Waals surface area contributed by atoms with Crippen LogP contribution in [0, 0.1) is 6.92 Å². The van der Waals surface area contributed by atoms with Gasteiger partial charge in [-0.05, 0) is 45.0 Å². The number of amides is 3. The van der Waals surface area contributed by atoms with Gasteiger partial charge >= 0.3 is 11.8 Å². The van der Waals surface area contributed by atoms with E-state index in [0.29, 0.717) is 23.7 Å². The summed E-state index contributed by atoms with van der Waals surface area (Å²) in [7, 11) is 0. The zero-order valence-corrected chi connectivity index (χ0v) is 16.5. The van der Waals surface area contributed by atoms with Crippen molar-refractivity contribution in [1.82, 2.24) is 5.32 Å². The van der Waals surface area contributed by atoms with Crippen molar-refractivity contribution >= 4 is 29.1 Å². The van der Waals surface area contributed by atoms with Gasteiger partial charge in [0.1, 0.15) is 5.75 Å². The van der Waals surface area contributed by atoms with Gasteiger partial charge < -0.3 is 20.7 Å². The molecule has 2 aromatic rings. The van der Waals surface area contributed by atoms with E-state index in [-0.39, 0.29) is 5.91 Å². The third-order valence-electron chi connectivity index (χ3n) is 3.93. The maximum atomic E-state index is 12.3. The van der Waals surface area contributed by atoms with Gasteiger partial charge in [0.05, 0.1) is 12.6 Å². The molecule has 0 saturated carbocycles. The summed E-state index contributed by atoms with van der Waals surface area (Å²) in [6, 6.07) is 11.9. The summed E-state index contributed by atoms with van der Waals surface area (Å²) in [4.78, 5) is 35.7. The van der Waals surface area contributed by atoms with Gasteiger partial charge in [0.2, 0.25) is 5.91 Å². The Morgan fingerprint density at radius 1 is 1.00 bits per heavy atom. The number of ether oxygens (including phenoxy) is 1. The van der Waals surface area contributed by atoms with Crippen LogP contribution in [0.5, 0.6) is 5.75 Å². The molecule has 0 radical (unpaired) electrons. The Bertz CT molecular complexity index is 880. The van der Waals surface area contributed by atoms with Gasteiger partial charge in [0.25, 0.3) is 0 Å². The molecule has 0 spiro atoms. The minimum Gasteiger partial charge on any atom is -0.494 e. The van der Waals surface area contributed by atoms with E-state index in [1.807, 2.05) is 32.0 Å². The van der Waals surface area contributed by atoms with E-state index in [9.17, 15) is 14.4 Å². The highest BCUT2D eigenvalue weighted by molar-refractivity contribution is 6.39. The normalized spacial score (nSPS) is 11.3. The van der Waals surface area contributed by atoms with Crippen molar-refractivity contribution in [2.24, 2.45) is 0 Å². The largest absolute Gasteiger partial charge is 0.494 e. The molecule has 1 unspecified atom stereocenters. The molecule has 0 aliphatic heterocycles. The van der Waals surface area contributed by atoms with Gasteiger partial charge in [0.15, 0.2) is 0 Å². The second-order valence-electron chi connectivity index (χ2n) is 6.39. The molecule has 3 N–H and O–H groups in total. The number of rotatable bonds is 6. The van der Waals surface area contributed by atoms with E-state index in [1.54, 1.807) is 31.2 Å². The average Bonchev–Trinajstić information content (AvgIpc) is 2.63. The standard InChI is InChI=1S/C21H25N3O4/c1-5-28-19-10-9-13(2)11-18(19)14(3)22-20(26)21(27)24-17-8-6-7-16(12-17)23-15(4)25/h6-12,14H,5H2,1-4H3,(H,22,26)(H,23,25)(H,24,27). The number of nitrogens with one attached hydrogen (secondary N) is 3. The number of carbonyl (C=O) groups excluding carboxylic acids is 3. The Kier molecular flexibility index (Phi) is 7.14. The number of carbonyl (C=O) groups is 3. The third-order valence-corrected chi connectivity index (χ3v) is 3.93. The fourth-order valence-electron chi connectivity index (χ4n) is 2.70. The van der Waals surface area contributed by atoms with Crippen LogP contribution in [0.25, 0.3) is 0 Å². The highest BCUT2D eigenvalue weighted by Crippen LogP contribution is 2.26. The molecule has 2 rings (SSSR count). The fourth-order valence-corrected chi connectivity index (χ4v) is 2.70. The molecule has 28 heavy (non-hydrogen) atoms. The minimum atomic E-state index is -0.794. The van der Waals surface area contributed by atoms with E-state index in [1.165, 1.54) is 6.92 Å². The van der Waals surface area contributed by atoms with Crippen LogP contribution in [0.2, 0.25) is 0 Å². The Balaban J connectivity index is 2.05. The van der Waals surface area contributed by atoms with E-state index in [0.717, 1.165) is 11.1 Å². The molecule has 0 saturated heterocycles. The smallest absolute Gasteiger partial charge is 0.313 e. The van der Waals surface area contributed by atoms with Gasteiger partial charge in [-0.3, -0.25) is 14.4 Å². The quantitative estimate of drug-likeness (QED) is 0.668. The predicted octanol–water partition coefficient (Wildman–Crippen LogP) is 3.17. The monoisotopic (exact) mass is 383 g/mol. The summed E-state index contributed by atoms with van der Waals surface area (Å²) in [5, 5.41) is 7.84. The first kappa shape index (κ1) is 21.0. The molecule has 3 amide bonds. The molecular weight excluding hydrogens is 358 g/mol. The molecule has 0 fully saturated rings. The molecule has 0 aliphatic carbocycles. The lowest BCUT2D eigenvalue weighted by atomic mass is 10.0. The molecule has 0 bridgehead atoms. The van der Waals surface area contributed by atoms with Gasteiger partial charge in [-0.1, -0.05) is 23.8 Å². The Hall–Kier alpha value is -3.35. The van der Waals surface area contributed by atoms with Crippen molar-refractivity contribution < 1.29 is 19.1 Å².